The van der Waals surface area contributed by atoms with Crippen molar-refractivity contribution in [2.45, 2.75) is 37.8 Å². The second-order valence-corrected chi connectivity index (χ2v) is 6.23. The van der Waals surface area contributed by atoms with Crippen LogP contribution in [0.25, 0.3) is 0 Å². The van der Waals surface area contributed by atoms with Gasteiger partial charge in [0.25, 0.3) is 5.91 Å². The molecule has 0 spiro atoms. The fourth-order valence-electron chi connectivity index (χ4n) is 3.20. The van der Waals surface area contributed by atoms with E-state index in [-0.39, 0.29) is 17.0 Å². The van der Waals surface area contributed by atoms with Crippen molar-refractivity contribution in [3.05, 3.63) is 27.1 Å². The van der Waals surface area contributed by atoms with Gasteiger partial charge in [0, 0.05) is 30.1 Å². The van der Waals surface area contributed by atoms with Crippen molar-refractivity contribution >= 4 is 22.2 Å². The van der Waals surface area contributed by atoms with Gasteiger partial charge in [0.15, 0.2) is 0 Å². The van der Waals surface area contributed by atoms with Gasteiger partial charge in [0.2, 0.25) is 0 Å². The first kappa shape index (κ1) is 13.5. The van der Waals surface area contributed by atoms with Crippen molar-refractivity contribution in [2.24, 2.45) is 0 Å². The molecular formula is C13H17N3O3S. The van der Waals surface area contributed by atoms with Crippen LogP contribution in [0.4, 0.5) is 5.00 Å². The van der Waals surface area contributed by atoms with Gasteiger partial charge in [-0.3, -0.25) is 14.9 Å². The van der Waals surface area contributed by atoms with Gasteiger partial charge >= 0.3 is 5.00 Å². The summed E-state index contributed by atoms with van der Waals surface area (Å²) in [6.07, 6.45) is 4.31. The number of rotatable bonds is 3. The van der Waals surface area contributed by atoms with Crippen LogP contribution in [0.5, 0.6) is 0 Å². The Morgan fingerprint density at radius 3 is 2.95 bits per heavy atom. The molecule has 0 bridgehead atoms. The van der Waals surface area contributed by atoms with E-state index >= 15 is 0 Å². The van der Waals surface area contributed by atoms with Gasteiger partial charge in [0.1, 0.15) is 0 Å². The Morgan fingerprint density at radius 1 is 1.45 bits per heavy atom. The molecule has 20 heavy (non-hydrogen) atoms. The number of nitrogens with one attached hydrogen (secondary N) is 1. The summed E-state index contributed by atoms with van der Waals surface area (Å²) in [5, 5.41) is 15.8. The van der Waals surface area contributed by atoms with Crippen molar-refractivity contribution < 1.29 is 9.72 Å². The molecule has 0 aliphatic carbocycles. The standard InChI is InChI=1S/C13H17N3O3S/c17-13(9-7-12(16(18)19)20-8-9)15-6-2-4-11(15)10-3-1-5-14-10/h7-8,10-11,14H,1-6H2. The molecule has 108 valence electrons. The highest BCUT2D eigenvalue weighted by atomic mass is 32.1. The van der Waals surface area contributed by atoms with Crippen LogP contribution in [-0.2, 0) is 0 Å². The van der Waals surface area contributed by atoms with Gasteiger partial charge in [-0.15, -0.1) is 0 Å². The Bertz CT molecular complexity index is 525. The minimum Gasteiger partial charge on any atom is -0.334 e. The van der Waals surface area contributed by atoms with Gasteiger partial charge < -0.3 is 10.2 Å². The first-order valence-corrected chi connectivity index (χ1v) is 7.82. The van der Waals surface area contributed by atoms with Crippen LogP contribution in [-0.4, -0.2) is 40.9 Å². The molecule has 6 nitrogen and oxygen atoms in total. The fraction of sp³-hybridized carbons (Fsp3) is 0.615. The third-order valence-electron chi connectivity index (χ3n) is 4.14. The lowest BCUT2D eigenvalue weighted by Gasteiger charge is -2.29. The van der Waals surface area contributed by atoms with Crippen LogP contribution in [0.1, 0.15) is 36.0 Å². The van der Waals surface area contributed by atoms with E-state index < -0.39 is 4.92 Å². The number of hydrogen-bond donors (Lipinski definition) is 1. The van der Waals surface area contributed by atoms with E-state index in [1.165, 1.54) is 6.07 Å². The molecule has 0 saturated carbocycles. The summed E-state index contributed by atoms with van der Waals surface area (Å²) >= 11 is 1.02. The Balaban J connectivity index is 1.76. The van der Waals surface area contributed by atoms with Crippen molar-refractivity contribution in [1.29, 1.82) is 0 Å². The summed E-state index contributed by atoms with van der Waals surface area (Å²) in [6.45, 7) is 1.78. The fourth-order valence-corrected chi connectivity index (χ4v) is 3.90. The van der Waals surface area contributed by atoms with Crippen LogP contribution in [0.2, 0.25) is 0 Å². The normalized spacial score (nSPS) is 26.1. The zero-order valence-electron chi connectivity index (χ0n) is 11.1. The highest BCUT2D eigenvalue weighted by Crippen LogP contribution is 2.29. The summed E-state index contributed by atoms with van der Waals surface area (Å²) in [4.78, 5) is 24.7. The predicted octanol–water partition coefficient (Wildman–Crippen LogP) is 2.01. The molecule has 3 rings (SSSR count). The van der Waals surface area contributed by atoms with Crippen molar-refractivity contribution in [1.82, 2.24) is 10.2 Å². The highest BCUT2D eigenvalue weighted by molar-refractivity contribution is 7.13. The van der Waals surface area contributed by atoms with Crippen LogP contribution in [0.3, 0.4) is 0 Å². The van der Waals surface area contributed by atoms with Gasteiger partial charge in [-0.1, -0.05) is 11.3 Å². The molecule has 1 amide bonds. The number of carbonyl (C=O) groups is 1. The second kappa shape index (κ2) is 5.49. The van der Waals surface area contributed by atoms with E-state index in [4.69, 9.17) is 0 Å². The van der Waals surface area contributed by atoms with Crippen LogP contribution in [0.15, 0.2) is 11.4 Å². The second-order valence-electron chi connectivity index (χ2n) is 5.34. The van der Waals surface area contributed by atoms with E-state index in [0.29, 0.717) is 11.6 Å². The number of carbonyl (C=O) groups excluding carboxylic acids is 1. The van der Waals surface area contributed by atoms with Crippen molar-refractivity contribution in [2.75, 3.05) is 13.1 Å². The molecular weight excluding hydrogens is 278 g/mol. The quantitative estimate of drug-likeness (QED) is 0.683. The summed E-state index contributed by atoms with van der Waals surface area (Å²) in [7, 11) is 0. The van der Waals surface area contributed by atoms with E-state index in [0.717, 1.165) is 50.1 Å². The maximum Gasteiger partial charge on any atom is 0.324 e. The molecule has 2 saturated heterocycles. The number of likely N-dealkylation sites (tertiary alicyclic amines) is 1. The molecule has 2 aliphatic heterocycles. The van der Waals surface area contributed by atoms with Crippen molar-refractivity contribution in [3.8, 4) is 0 Å². The monoisotopic (exact) mass is 295 g/mol. The molecule has 1 aromatic rings. The third kappa shape index (κ3) is 2.43. The average Bonchev–Trinajstić information content (AvgIpc) is 3.17. The van der Waals surface area contributed by atoms with Crippen molar-refractivity contribution in [3.63, 3.8) is 0 Å². The van der Waals surface area contributed by atoms with E-state index in [2.05, 4.69) is 5.32 Å². The van der Waals surface area contributed by atoms with Crippen LogP contribution < -0.4 is 5.32 Å². The van der Waals surface area contributed by atoms with E-state index in [1.54, 1.807) is 5.38 Å². The summed E-state index contributed by atoms with van der Waals surface area (Å²) < 4.78 is 0. The molecule has 1 N–H and O–H groups in total. The number of amides is 1. The molecule has 1 aromatic heterocycles. The zero-order valence-corrected chi connectivity index (χ0v) is 11.9. The van der Waals surface area contributed by atoms with Gasteiger partial charge in [-0.2, -0.15) is 0 Å². The van der Waals surface area contributed by atoms with Gasteiger partial charge in [-0.05, 0) is 32.2 Å². The molecule has 2 unspecified atom stereocenters. The first-order valence-electron chi connectivity index (χ1n) is 6.94. The molecule has 3 heterocycles. The first-order chi connectivity index (χ1) is 9.66. The molecule has 0 radical (unpaired) electrons. The molecule has 2 aliphatic rings. The minimum atomic E-state index is -0.443. The molecule has 7 heteroatoms. The average molecular weight is 295 g/mol. The smallest absolute Gasteiger partial charge is 0.324 e. The summed E-state index contributed by atoms with van der Waals surface area (Å²) in [5.74, 6) is -0.0643. The predicted molar refractivity (Wildman–Crippen MR) is 76.1 cm³/mol. The summed E-state index contributed by atoms with van der Waals surface area (Å²) in [6, 6.07) is 2.02. The van der Waals surface area contributed by atoms with E-state index in [1.807, 2.05) is 4.90 Å². The lowest BCUT2D eigenvalue weighted by Crippen LogP contribution is -2.46. The number of nitrogens with zero attached hydrogens (tertiary/aromatic N) is 2. The third-order valence-corrected chi connectivity index (χ3v) is 5.02. The number of thiophene rings is 1. The number of nitro groups is 1. The molecule has 0 aromatic carbocycles. The largest absolute Gasteiger partial charge is 0.334 e. The van der Waals surface area contributed by atoms with Crippen LogP contribution >= 0.6 is 11.3 Å². The lowest BCUT2D eigenvalue weighted by molar-refractivity contribution is -0.380. The molecule has 2 atom stereocenters. The summed E-state index contributed by atoms with van der Waals surface area (Å²) in [5.41, 5.74) is 0.451. The number of hydrogen-bond acceptors (Lipinski definition) is 5. The molecule has 2 fully saturated rings. The Kier molecular flexibility index (Phi) is 3.71. The zero-order chi connectivity index (χ0) is 14.1. The SMILES string of the molecule is O=C(c1csc([N+](=O)[O-])c1)N1CCCC1C1CCCN1. The Labute approximate surface area is 120 Å². The van der Waals surface area contributed by atoms with Crippen LogP contribution in [0, 0.1) is 10.1 Å². The maximum atomic E-state index is 12.5. The Morgan fingerprint density at radius 2 is 2.30 bits per heavy atom. The Hall–Kier alpha value is -1.47. The van der Waals surface area contributed by atoms with E-state index in [9.17, 15) is 14.9 Å². The highest BCUT2D eigenvalue weighted by Gasteiger charge is 2.36. The topological polar surface area (TPSA) is 75.5 Å². The van der Waals surface area contributed by atoms with Gasteiger partial charge in [0.05, 0.1) is 10.5 Å². The maximum absolute atomic E-state index is 12.5. The van der Waals surface area contributed by atoms with Gasteiger partial charge in [-0.25, -0.2) is 0 Å². The lowest BCUT2D eigenvalue weighted by atomic mass is 10.0. The minimum absolute atomic E-state index is 0.0306.